The van der Waals surface area contributed by atoms with Crippen LogP contribution in [0.15, 0.2) is 48.5 Å². The Morgan fingerprint density at radius 1 is 0.966 bits per heavy atom. The van der Waals surface area contributed by atoms with Crippen molar-refractivity contribution in [2.24, 2.45) is 0 Å². The molecule has 0 aliphatic carbocycles. The molecule has 0 saturated carbocycles. The van der Waals surface area contributed by atoms with Gasteiger partial charge in [-0.15, -0.1) is 13.2 Å². The van der Waals surface area contributed by atoms with Crippen molar-refractivity contribution < 1.29 is 37.0 Å². The fraction of sp³-hybridized carbons (Fsp3) is 0.211. The first-order valence-corrected chi connectivity index (χ1v) is 8.18. The average molecular weight is 410 g/mol. The molecule has 0 aromatic heterocycles. The van der Waals surface area contributed by atoms with E-state index in [-0.39, 0.29) is 23.4 Å². The molecule has 154 valence electrons. The molecule has 0 heterocycles. The van der Waals surface area contributed by atoms with Crippen LogP contribution in [0.5, 0.6) is 5.75 Å². The summed E-state index contributed by atoms with van der Waals surface area (Å²) in [6, 6.07) is 10.3. The SMILES string of the molecule is COC(=O)c1ccc(C(=O)N(C)CC(=O)Nc2ccc(OC(F)(F)F)cc2)cc1. The normalized spacial score (nSPS) is 10.8. The predicted octanol–water partition coefficient (Wildman–Crippen LogP) is 3.08. The number of amides is 2. The van der Waals surface area contributed by atoms with Gasteiger partial charge in [-0.05, 0) is 48.5 Å². The lowest BCUT2D eigenvalue weighted by molar-refractivity contribution is -0.274. The van der Waals surface area contributed by atoms with Crippen LogP contribution in [-0.2, 0) is 9.53 Å². The van der Waals surface area contributed by atoms with Gasteiger partial charge in [0.25, 0.3) is 5.91 Å². The van der Waals surface area contributed by atoms with E-state index in [9.17, 15) is 27.6 Å². The van der Waals surface area contributed by atoms with Crippen molar-refractivity contribution in [3.8, 4) is 5.75 Å². The molecule has 29 heavy (non-hydrogen) atoms. The fourth-order valence-corrected chi connectivity index (χ4v) is 2.31. The number of halogens is 3. The lowest BCUT2D eigenvalue weighted by Crippen LogP contribution is -2.34. The van der Waals surface area contributed by atoms with E-state index in [0.29, 0.717) is 0 Å². The van der Waals surface area contributed by atoms with Gasteiger partial charge in [-0.2, -0.15) is 0 Å². The number of alkyl halides is 3. The van der Waals surface area contributed by atoms with E-state index in [0.717, 1.165) is 17.0 Å². The van der Waals surface area contributed by atoms with Crippen molar-refractivity contribution in [2.75, 3.05) is 26.0 Å². The van der Waals surface area contributed by atoms with Gasteiger partial charge in [0, 0.05) is 18.3 Å². The van der Waals surface area contributed by atoms with Crippen LogP contribution >= 0.6 is 0 Å². The molecule has 0 atom stereocenters. The van der Waals surface area contributed by atoms with Crippen LogP contribution in [-0.4, -0.2) is 49.7 Å². The lowest BCUT2D eigenvalue weighted by atomic mass is 10.1. The molecule has 0 aliphatic heterocycles. The smallest absolute Gasteiger partial charge is 0.465 e. The van der Waals surface area contributed by atoms with Gasteiger partial charge >= 0.3 is 12.3 Å². The van der Waals surface area contributed by atoms with Gasteiger partial charge in [-0.1, -0.05) is 0 Å². The summed E-state index contributed by atoms with van der Waals surface area (Å²) in [5.41, 5.74) is 0.789. The third-order valence-electron chi connectivity index (χ3n) is 3.65. The van der Waals surface area contributed by atoms with Crippen LogP contribution in [0.25, 0.3) is 0 Å². The molecule has 0 spiro atoms. The summed E-state index contributed by atoms with van der Waals surface area (Å²) >= 11 is 0. The van der Waals surface area contributed by atoms with Crippen LogP contribution in [0.3, 0.4) is 0 Å². The number of hydrogen-bond acceptors (Lipinski definition) is 5. The first-order chi connectivity index (χ1) is 13.6. The summed E-state index contributed by atoms with van der Waals surface area (Å²) < 4.78 is 44.7. The number of likely N-dealkylation sites (N-methyl/N-ethyl adjacent to an activating group) is 1. The maximum absolute atomic E-state index is 12.4. The number of hydrogen-bond donors (Lipinski definition) is 1. The molecule has 0 unspecified atom stereocenters. The molecule has 7 nitrogen and oxygen atoms in total. The summed E-state index contributed by atoms with van der Waals surface area (Å²) in [5.74, 6) is -1.96. The Balaban J connectivity index is 1.92. The maximum Gasteiger partial charge on any atom is 0.573 e. The minimum absolute atomic E-state index is 0.243. The summed E-state index contributed by atoms with van der Waals surface area (Å²) in [6.45, 7) is -0.293. The van der Waals surface area contributed by atoms with E-state index in [1.54, 1.807) is 0 Å². The highest BCUT2D eigenvalue weighted by molar-refractivity contribution is 6.00. The number of ether oxygens (including phenoxy) is 2. The Morgan fingerprint density at radius 2 is 1.52 bits per heavy atom. The van der Waals surface area contributed by atoms with Gasteiger partial charge in [0.2, 0.25) is 5.91 Å². The van der Waals surface area contributed by atoms with Gasteiger partial charge in [0.1, 0.15) is 5.75 Å². The molecule has 2 amide bonds. The Morgan fingerprint density at radius 3 is 2.03 bits per heavy atom. The van der Waals surface area contributed by atoms with Crippen LogP contribution in [0.2, 0.25) is 0 Å². The number of methoxy groups -OCH3 is 1. The van der Waals surface area contributed by atoms with Gasteiger partial charge in [0.15, 0.2) is 0 Å². The number of nitrogens with one attached hydrogen (secondary N) is 1. The van der Waals surface area contributed by atoms with Crippen LogP contribution < -0.4 is 10.1 Å². The molecule has 1 N–H and O–H groups in total. The van der Waals surface area contributed by atoms with Crippen molar-refractivity contribution >= 4 is 23.5 Å². The van der Waals surface area contributed by atoms with Gasteiger partial charge < -0.3 is 19.7 Å². The van der Waals surface area contributed by atoms with E-state index in [1.807, 2.05) is 0 Å². The number of carbonyl (C=O) groups excluding carboxylic acids is 3. The zero-order chi connectivity index (χ0) is 21.6. The van der Waals surface area contributed by atoms with Crippen LogP contribution in [0.1, 0.15) is 20.7 Å². The van der Waals surface area contributed by atoms with Crippen molar-refractivity contribution in [3.63, 3.8) is 0 Å². The minimum atomic E-state index is -4.80. The number of nitrogens with zero attached hydrogens (tertiary/aromatic N) is 1. The summed E-state index contributed by atoms with van der Waals surface area (Å²) in [6.07, 6.45) is -4.80. The standard InChI is InChI=1S/C19H17F3N2O5/c1-24(17(26)12-3-5-13(6-4-12)18(27)28-2)11-16(25)23-14-7-9-15(10-8-14)29-19(20,21)22/h3-10H,11H2,1-2H3,(H,23,25). The first kappa shape index (κ1) is 21.7. The molecule has 0 aliphatic rings. The van der Waals surface area contributed by atoms with Crippen LogP contribution in [0.4, 0.5) is 18.9 Å². The Bertz CT molecular complexity index is 880. The Hall–Kier alpha value is -3.56. The van der Waals surface area contributed by atoms with Crippen molar-refractivity contribution in [3.05, 3.63) is 59.7 Å². The molecule has 0 radical (unpaired) electrons. The van der Waals surface area contributed by atoms with E-state index < -0.39 is 29.9 Å². The third-order valence-corrected chi connectivity index (χ3v) is 3.65. The van der Waals surface area contributed by atoms with Gasteiger partial charge in [-0.25, -0.2) is 4.79 Å². The fourth-order valence-electron chi connectivity index (χ4n) is 2.31. The highest BCUT2D eigenvalue weighted by atomic mass is 19.4. The summed E-state index contributed by atoms with van der Waals surface area (Å²) in [4.78, 5) is 37.0. The summed E-state index contributed by atoms with van der Waals surface area (Å²) in [5, 5.41) is 2.47. The molecule has 2 aromatic rings. The molecule has 0 fully saturated rings. The zero-order valence-electron chi connectivity index (χ0n) is 15.4. The zero-order valence-corrected chi connectivity index (χ0v) is 15.4. The second-order valence-corrected chi connectivity index (χ2v) is 5.85. The van der Waals surface area contributed by atoms with Crippen molar-refractivity contribution in [1.29, 1.82) is 0 Å². The second-order valence-electron chi connectivity index (χ2n) is 5.85. The molecular weight excluding hydrogens is 393 g/mol. The number of anilines is 1. The minimum Gasteiger partial charge on any atom is -0.465 e. The highest BCUT2D eigenvalue weighted by Gasteiger charge is 2.31. The van der Waals surface area contributed by atoms with Crippen molar-refractivity contribution in [2.45, 2.75) is 6.36 Å². The van der Waals surface area contributed by atoms with Gasteiger partial charge in [0.05, 0.1) is 19.2 Å². The van der Waals surface area contributed by atoms with Crippen molar-refractivity contribution in [1.82, 2.24) is 4.90 Å². The molecule has 0 saturated heterocycles. The molecular formula is C19H17F3N2O5. The Kier molecular flexibility index (Phi) is 6.81. The molecule has 2 aromatic carbocycles. The maximum atomic E-state index is 12.4. The topological polar surface area (TPSA) is 84.9 Å². The molecule has 10 heteroatoms. The van der Waals surface area contributed by atoms with E-state index in [1.165, 1.54) is 50.6 Å². The van der Waals surface area contributed by atoms with Crippen LogP contribution in [0, 0.1) is 0 Å². The van der Waals surface area contributed by atoms with E-state index in [2.05, 4.69) is 14.8 Å². The molecule has 2 rings (SSSR count). The lowest BCUT2D eigenvalue weighted by Gasteiger charge is -2.17. The average Bonchev–Trinajstić information content (AvgIpc) is 2.67. The Labute approximate surface area is 164 Å². The molecule has 0 bridgehead atoms. The summed E-state index contributed by atoms with van der Waals surface area (Å²) in [7, 11) is 2.65. The third kappa shape index (κ3) is 6.52. The van der Waals surface area contributed by atoms with E-state index in [4.69, 9.17) is 0 Å². The number of carbonyl (C=O) groups is 3. The predicted molar refractivity (Wildman–Crippen MR) is 96.5 cm³/mol. The number of benzene rings is 2. The number of esters is 1. The monoisotopic (exact) mass is 410 g/mol. The number of rotatable bonds is 6. The largest absolute Gasteiger partial charge is 0.573 e. The second kappa shape index (κ2) is 9.09. The van der Waals surface area contributed by atoms with Gasteiger partial charge in [-0.3, -0.25) is 9.59 Å². The first-order valence-electron chi connectivity index (χ1n) is 8.18. The quantitative estimate of drug-likeness (QED) is 0.740. The van der Waals surface area contributed by atoms with E-state index >= 15 is 0 Å². The highest BCUT2D eigenvalue weighted by Crippen LogP contribution is 2.23.